The molecule has 0 spiro atoms. The van der Waals surface area contributed by atoms with Crippen LogP contribution in [0, 0.1) is 178 Å². The van der Waals surface area contributed by atoms with Crippen LogP contribution < -0.4 is 0 Å². The van der Waals surface area contributed by atoms with E-state index in [9.17, 15) is 28.8 Å². The number of carbonyl (C=O) groups is 6. The molecule has 15 fully saturated rings. The van der Waals surface area contributed by atoms with Gasteiger partial charge in [-0.1, -0.05) is 330 Å². The lowest BCUT2D eigenvalue weighted by atomic mass is 9.58. The maximum Gasteiger partial charge on any atom is 0.129 e. The zero-order valence-corrected chi connectivity index (χ0v) is 99.1. The van der Waals surface area contributed by atoms with E-state index in [4.69, 9.17) is 0 Å². The average Bonchev–Trinajstić information content (AvgIpc) is 1.60. The molecule has 15 aliphatic carbocycles. The number of Topliss-reactive ketones (excluding diaryl/α,β-unsaturated/α-hetero) is 6. The Morgan fingerprint density at radius 1 is 0.138 bits per heavy atom. The van der Waals surface area contributed by atoms with Gasteiger partial charge in [-0.15, -0.1) is 0 Å². The summed E-state index contributed by atoms with van der Waals surface area (Å²) in [5.74, 6) is 35.1. The van der Waals surface area contributed by atoms with Crippen molar-refractivity contribution in [3.8, 4) is 0 Å². The highest BCUT2D eigenvalue weighted by atomic mass is 16.1. The number of rotatable bonds is 81. The van der Waals surface area contributed by atoms with Crippen LogP contribution in [0.5, 0.6) is 0 Å². The third kappa shape index (κ3) is 52.6. The normalized spacial score (nSPS) is 33.0. The van der Waals surface area contributed by atoms with E-state index in [1.807, 2.05) is 0 Å². The second kappa shape index (κ2) is 72.8. The van der Waals surface area contributed by atoms with Crippen molar-refractivity contribution in [3.05, 3.63) is 0 Å². The van der Waals surface area contributed by atoms with Gasteiger partial charge in [-0.25, -0.2) is 0 Å². The van der Waals surface area contributed by atoms with Gasteiger partial charge in [0.1, 0.15) is 34.7 Å². The number of carbonyl (C=O) groups excluding carboxylic acids is 6. The van der Waals surface area contributed by atoms with Gasteiger partial charge in [-0.05, 0) is 476 Å². The Morgan fingerprint density at radius 2 is 0.310 bits per heavy atom. The molecule has 0 aliphatic heterocycles. The fourth-order valence-corrected chi connectivity index (χ4v) is 31.8. The maximum atomic E-state index is 11.0. The minimum atomic E-state index is 0.355. The van der Waals surface area contributed by atoms with Crippen molar-refractivity contribution in [3.63, 3.8) is 0 Å². The topological polar surface area (TPSA) is 102 Å². The molecule has 145 heavy (non-hydrogen) atoms. The number of hydrogen-bond acceptors (Lipinski definition) is 6. The highest BCUT2D eigenvalue weighted by Crippen LogP contribution is 2.61. The molecular weight excluding hydrogens is 1770 g/mol. The molecule has 0 aromatic heterocycles. The third-order valence-electron chi connectivity index (χ3n) is 43.4. The molecule has 0 aromatic rings. The number of ketones is 6. The second-order valence-electron chi connectivity index (χ2n) is 56.2. The molecular formula is C139H248O6. The Balaban J connectivity index is 0.000000179. The summed E-state index contributed by atoms with van der Waals surface area (Å²) >= 11 is 0. The van der Waals surface area contributed by atoms with E-state index in [2.05, 4.69) is 41.5 Å². The standard InChI is InChI=1S/2C25H44O.2C23H42O.C22H38O.C21H38O/c1-3-20-11-22(12-20)15-24-17-25(18-24)16-23-13-21(14-23)10-8-6-4-5-7-9-19(2)26;1-3-20-11-13-22(20)17-24-15-16-25(24)18-23-14-12-21(23)10-8-6-4-5-7-9-19(2)26;1-3-4-8-12-20-14-22(15-20)18-23-16-21(17-23)13-10-7-5-6-9-11-19(2)24;1-3-4-8-12-20-14-16-22(20)18-23-17-15-21(23)13-10-7-5-6-9-11-19(2)24;1-3-17-11-19(17)13-21-15-22(21)14-20-12-18(20)10-8-6-4-5-7-9-16(2)23;1-3-4-8-12-18-14-20(18)16-21-15-19(21)13-10-7-5-6-9-11-17(2)22/h2*20-25H,3-18H2,1-2H3;2*20-23H,3-18H2,1-2H3;17-22H,3-15H2,1-2H3;18-21H,3-16H2,1-2H3/t;20-,21-,22?,23?,24+,25-;;20-,21-,22-,23?;17-,18-,19?,20-,21-,22?;18-,19-,20?,21-/m.1.111/s1. The van der Waals surface area contributed by atoms with Crippen molar-refractivity contribution in [1.82, 2.24) is 0 Å². The summed E-state index contributed by atoms with van der Waals surface area (Å²) in [5, 5.41) is 0. The van der Waals surface area contributed by atoms with Gasteiger partial charge >= 0.3 is 0 Å². The summed E-state index contributed by atoms with van der Waals surface area (Å²) in [6, 6.07) is 0. The van der Waals surface area contributed by atoms with Gasteiger partial charge in [0.15, 0.2) is 0 Å². The predicted octanol–water partition coefficient (Wildman–Crippen LogP) is 42.8. The van der Waals surface area contributed by atoms with E-state index < -0.39 is 0 Å². The maximum absolute atomic E-state index is 11.0. The first-order valence-electron chi connectivity index (χ1n) is 67.5. The van der Waals surface area contributed by atoms with E-state index in [1.165, 1.54) is 334 Å². The SMILES string of the molecule is CCC1CC(CC2CC(CC3CC(CCCCCCCC(C)=O)C3)C2)C1.CCCCCC1CC(CC2CC(CCCCCCCC(C)=O)C2)C1.CCCCC[C@@H]1CC1C[C@H]1C[C@H]1CCCCCCCC(C)=O.CCCCC[C@@H]1CC[C@@H]1CC1CC[C@H]1CCCCCCCC(C)=O.CC[C@@H]1CC1C[C@@H]1CC1C[C@H]1C[C@H]1CCCCCCCC(C)=O.CC[C@@H]1CCC1C[C@@H]1CC[C@@H]1CC1CC[C@H]1CCCCCCCC(C)=O. The van der Waals surface area contributed by atoms with Gasteiger partial charge in [0.2, 0.25) is 0 Å². The highest BCUT2D eigenvalue weighted by Gasteiger charge is 2.50. The first-order chi connectivity index (χ1) is 70.5. The van der Waals surface area contributed by atoms with Gasteiger partial charge < -0.3 is 28.8 Å². The van der Waals surface area contributed by atoms with Crippen LogP contribution in [0.25, 0.3) is 0 Å². The molecule has 0 heterocycles. The minimum absolute atomic E-state index is 0.355. The molecule has 0 N–H and O–H groups in total. The molecule has 15 aliphatic rings. The van der Waals surface area contributed by atoms with Crippen molar-refractivity contribution in [2.24, 2.45) is 178 Å². The largest absolute Gasteiger partial charge is 0.300 e. The lowest BCUT2D eigenvalue weighted by Crippen LogP contribution is -2.37. The summed E-state index contributed by atoms with van der Waals surface area (Å²) in [4.78, 5) is 65.4. The van der Waals surface area contributed by atoms with Crippen LogP contribution in [0.4, 0.5) is 0 Å². The van der Waals surface area contributed by atoms with Gasteiger partial charge in [0.05, 0.1) is 0 Å². The summed E-state index contributed by atoms with van der Waals surface area (Å²) in [7, 11) is 0. The second-order valence-corrected chi connectivity index (χ2v) is 56.2. The average molecular weight is 2020 g/mol. The molecule has 0 bridgehead atoms. The van der Waals surface area contributed by atoms with Crippen LogP contribution >= 0.6 is 0 Å². The monoisotopic (exact) mass is 2010 g/mol. The Labute approximate surface area is 902 Å². The van der Waals surface area contributed by atoms with Gasteiger partial charge in [-0.2, -0.15) is 0 Å². The first-order valence-corrected chi connectivity index (χ1v) is 67.5. The van der Waals surface area contributed by atoms with Crippen LogP contribution in [0.15, 0.2) is 0 Å². The molecule has 0 aromatic carbocycles. The fourth-order valence-electron chi connectivity index (χ4n) is 31.8. The van der Waals surface area contributed by atoms with Crippen molar-refractivity contribution >= 4 is 34.7 Å². The van der Waals surface area contributed by atoms with Crippen molar-refractivity contribution < 1.29 is 28.8 Å². The van der Waals surface area contributed by atoms with Crippen LogP contribution in [-0.4, -0.2) is 34.7 Å². The van der Waals surface area contributed by atoms with E-state index in [-0.39, 0.29) is 0 Å². The summed E-state index contributed by atoms with van der Waals surface area (Å²) < 4.78 is 0. The molecule has 6 nitrogen and oxygen atoms in total. The van der Waals surface area contributed by atoms with E-state index in [0.29, 0.717) is 34.7 Å². The molecule has 0 amide bonds. The smallest absolute Gasteiger partial charge is 0.129 e. The van der Waals surface area contributed by atoms with Crippen LogP contribution in [0.1, 0.15) is 667 Å². The minimum Gasteiger partial charge on any atom is -0.300 e. The zero-order valence-electron chi connectivity index (χ0n) is 99.1. The van der Waals surface area contributed by atoms with Gasteiger partial charge in [0.25, 0.3) is 0 Å². The molecule has 20 atom stereocenters. The van der Waals surface area contributed by atoms with E-state index >= 15 is 0 Å². The van der Waals surface area contributed by atoms with Crippen molar-refractivity contribution in [2.45, 2.75) is 667 Å². The molecule has 0 saturated heterocycles. The van der Waals surface area contributed by atoms with Gasteiger partial charge in [0, 0.05) is 38.5 Å². The van der Waals surface area contributed by atoms with Crippen LogP contribution in [0.3, 0.4) is 0 Å². The summed E-state index contributed by atoms with van der Waals surface area (Å²) in [6.45, 7) is 24.4. The molecule has 6 unspecified atom stereocenters. The van der Waals surface area contributed by atoms with Crippen molar-refractivity contribution in [2.75, 3.05) is 0 Å². The third-order valence-corrected chi connectivity index (χ3v) is 43.4. The predicted molar refractivity (Wildman–Crippen MR) is 623 cm³/mol. The van der Waals surface area contributed by atoms with Crippen LogP contribution in [0.2, 0.25) is 0 Å². The number of unbranched alkanes of at least 4 members (excludes halogenated alkanes) is 30. The Morgan fingerprint density at radius 3 is 0.545 bits per heavy atom. The Kier molecular flexibility index (Phi) is 62.6. The van der Waals surface area contributed by atoms with Crippen molar-refractivity contribution in [1.29, 1.82) is 0 Å². The Hall–Kier alpha value is -1.98. The summed E-state index contributed by atoms with van der Waals surface area (Å²) in [6.07, 6.45) is 128. The highest BCUT2D eigenvalue weighted by molar-refractivity contribution is 5.77. The molecule has 15 rings (SSSR count). The zero-order chi connectivity index (χ0) is 103. The van der Waals surface area contributed by atoms with Crippen LogP contribution in [-0.2, 0) is 28.8 Å². The van der Waals surface area contributed by atoms with E-state index in [0.717, 1.165) is 255 Å². The lowest BCUT2D eigenvalue weighted by Gasteiger charge is -2.48. The quantitative estimate of drug-likeness (QED) is 0.0562. The molecule has 6 heteroatoms. The molecule has 840 valence electrons. The molecule has 0 radical (unpaired) electrons. The molecule has 15 saturated carbocycles. The summed E-state index contributed by atoms with van der Waals surface area (Å²) in [5.41, 5.74) is 0. The van der Waals surface area contributed by atoms with Gasteiger partial charge in [-0.3, -0.25) is 0 Å². The number of hydrogen-bond donors (Lipinski definition) is 0. The van der Waals surface area contributed by atoms with E-state index in [1.54, 1.807) is 215 Å². The first kappa shape index (κ1) is 125. The Bertz CT molecular complexity index is 3350. The fraction of sp³-hybridized carbons (Fsp3) is 0.957. The lowest BCUT2D eigenvalue weighted by molar-refractivity contribution is -0.117.